The van der Waals surface area contributed by atoms with Crippen LogP contribution < -0.4 is 10.6 Å². The summed E-state index contributed by atoms with van der Waals surface area (Å²) in [5.74, 6) is -1.23. The summed E-state index contributed by atoms with van der Waals surface area (Å²) >= 11 is 0. The fourth-order valence-electron chi connectivity index (χ4n) is 2.75. The van der Waals surface area contributed by atoms with E-state index in [2.05, 4.69) is 15.6 Å². The molecule has 1 fully saturated rings. The third-order valence-corrected chi connectivity index (χ3v) is 3.96. The highest BCUT2D eigenvalue weighted by Crippen LogP contribution is 2.17. The molecule has 26 heavy (non-hydrogen) atoms. The molecule has 2 heterocycles. The molecule has 0 bridgehead atoms. The van der Waals surface area contributed by atoms with Gasteiger partial charge in [-0.1, -0.05) is 0 Å². The van der Waals surface area contributed by atoms with Crippen LogP contribution in [-0.4, -0.2) is 34.9 Å². The van der Waals surface area contributed by atoms with E-state index in [0.29, 0.717) is 24.9 Å². The summed E-state index contributed by atoms with van der Waals surface area (Å²) in [4.78, 5) is 30.0. The summed E-state index contributed by atoms with van der Waals surface area (Å²) in [5.41, 5.74) is 0.213. The van der Waals surface area contributed by atoms with Crippen LogP contribution in [0.25, 0.3) is 0 Å². The maximum atomic E-state index is 13.1. The van der Waals surface area contributed by atoms with Gasteiger partial charge in [0.1, 0.15) is 17.4 Å². The van der Waals surface area contributed by atoms with Crippen LogP contribution in [0.15, 0.2) is 22.6 Å². The summed E-state index contributed by atoms with van der Waals surface area (Å²) in [6.45, 7) is 2.96. The highest BCUT2D eigenvalue weighted by molar-refractivity contribution is 5.93. The Morgan fingerprint density at radius 3 is 2.50 bits per heavy atom. The molecule has 138 valence electrons. The standard InChI is InChI=1S/C17H18F2N4O3/c1-10-15(16(24)23-4-2-3-5-23)22-14(26-10)9-20-17(25)21-13-7-11(18)6-12(19)8-13/h6-8H,2-5,9H2,1H3,(H2,20,21,25). The second-order valence-corrected chi connectivity index (χ2v) is 5.98. The van der Waals surface area contributed by atoms with Gasteiger partial charge in [0.15, 0.2) is 5.69 Å². The highest BCUT2D eigenvalue weighted by Gasteiger charge is 2.25. The monoisotopic (exact) mass is 364 g/mol. The van der Waals surface area contributed by atoms with Gasteiger partial charge in [0.25, 0.3) is 5.91 Å². The van der Waals surface area contributed by atoms with E-state index in [-0.39, 0.29) is 29.7 Å². The molecule has 9 heteroatoms. The molecule has 1 aliphatic heterocycles. The quantitative estimate of drug-likeness (QED) is 0.873. The third kappa shape index (κ3) is 4.16. The summed E-state index contributed by atoms with van der Waals surface area (Å²) in [6.07, 6.45) is 1.94. The number of halogens is 2. The van der Waals surface area contributed by atoms with Crippen molar-refractivity contribution < 1.29 is 22.8 Å². The number of carbonyl (C=O) groups excluding carboxylic acids is 2. The Morgan fingerprint density at radius 2 is 1.85 bits per heavy atom. The van der Waals surface area contributed by atoms with Gasteiger partial charge in [-0.15, -0.1) is 0 Å². The predicted octanol–water partition coefficient (Wildman–Crippen LogP) is 2.82. The lowest BCUT2D eigenvalue weighted by molar-refractivity contribution is 0.0786. The van der Waals surface area contributed by atoms with Crippen molar-refractivity contribution in [3.8, 4) is 0 Å². The lowest BCUT2D eigenvalue weighted by Crippen LogP contribution is -2.29. The minimum atomic E-state index is -0.798. The van der Waals surface area contributed by atoms with Crippen LogP contribution in [0, 0.1) is 18.6 Å². The van der Waals surface area contributed by atoms with Crippen molar-refractivity contribution in [3.63, 3.8) is 0 Å². The van der Waals surface area contributed by atoms with Crippen molar-refractivity contribution >= 4 is 17.6 Å². The first kappa shape index (κ1) is 17.8. The molecule has 2 N–H and O–H groups in total. The Balaban J connectivity index is 1.58. The zero-order valence-corrected chi connectivity index (χ0v) is 14.1. The predicted molar refractivity (Wildman–Crippen MR) is 88.6 cm³/mol. The van der Waals surface area contributed by atoms with Crippen molar-refractivity contribution in [2.24, 2.45) is 0 Å². The maximum absolute atomic E-state index is 13.1. The van der Waals surface area contributed by atoms with Crippen LogP contribution >= 0.6 is 0 Å². The van der Waals surface area contributed by atoms with Gasteiger partial charge in [-0.2, -0.15) is 0 Å². The number of urea groups is 1. The fourth-order valence-corrected chi connectivity index (χ4v) is 2.75. The number of aromatic nitrogens is 1. The first-order chi connectivity index (χ1) is 12.4. The van der Waals surface area contributed by atoms with Gasteiger partial charge in [0, 0.05) is 24.8 Å². The molecule has 1 aliphatic rings. The Labute approximate surface area is 148 Å². The topological polar surface area (TPSA) is 87.5 Å². The molecule has 0 aliphatic carbocycles. The van der Waals surface area contributed by atoms with Crippen molar-refractivity contribution in [1.29, 1.82) is 0 Å². The van der Waals surface area contributed by atoms with Crippen molar-refractivity contribution in [3.05, 3.63) is 47.2 Å². The SMILES string of the molecule is Cc1oc(CNC(=O)Nc2cc(F)cc(F)c2)nc1C(=O)N1CCCC1. The van der Waals surface area contributed by atoms with Crippen LogP contribution in [-0.2, 0) is 6.54 Å². The summed E-state index contributed by atoms with van der Waals surface area (Å²) in [7, 11) is 0. The van der Waals surface area contributed by atoms with Gasteiger partial charge in [-0.05, 0) is 31.9 Å². The molecule has 3 amide bonds. The van der Waals surface area contributed by atoms with Gasteiger partial charge >= 0.3 is 6.03 Å². The number of oxazole rings is 1. The Morgan fingerprint density at radius 1 is 1.19 bits per heavy atom. The number of hydrogen-bond donors (Lipinski definition) is 2. The molecule has 0 spiro atoms. The van der Waals surface area contributed by atoms with Crippen LogP contribution in [0.2, 0.25) is 0 Å². The van der Waals surface area contributed by atoms with E-state index >= 15 is 0 Å². The zero-order valence-electron chi connectivity index (χ0n) is 14.1. The van der Waals surface area contributed by atoms with Crippen molar-refractivity contribution in [1.82, 2.24) is 15.2 Å². The number of aryl methyl sites for hydroxylation is 1. The Kier molecular flexibility index (Phi) is 5.15. The molecule has 1 aromatic carbocycles. The highest BCUT2D eigenvalue weighted by atomic mass is 19.1. The van der Waals surface area contributed by atoms with E-state index in [4.69, 9.17) is 4.42 Å². The van der Waals surface area contributed by atoms with Gasteiger partial charge < -0.3 is 20.0 Å². The average molecular weight is 364 g/mol. The molecule has 1 saturated heterocycles. The Hall–Kier alpha value is -2.97. The lowest BCUT2D eigenvalue weighted by Gasteiger charge is -2.13. The summed E-state index contributed by atoms with van der Waals surface area (Å²) < 4.78 is 31.6. The molecule has 2 aromatic rings. The van der Waals surface area contributed by atoms with E-state index in [1.165, 1.54) is 0 Å². The minimum Gasteiger partial charge on any atom is -0.443 e. The third-order valence-electron chi connectivity index (χ3n) is 3.96. The van der Waals surface area contributed by atoms with Gasteiger partial charge in [0.05, 0.1) is 6.54 Å². The first-order valence-electron chi connectivity index (χ1n) is 8.19. The number of nitrogens with one attached hydrogen (secondary N) is 2. The summed E-state index contributed by atoms with van der Waals surface area (Å²) in [6, 6.07) is 2.01. The minimum absolute atomic E-state index is 0.0199. The summed E-state index contributed by atoms with van der Waals surface area (Å²) in [5, 5.41) is 4.77. The normalized spacial score (nSPS) is 13.7. The number of nitrogens with zero attached hydrogens (tertiary/aromatic N) is 2. The number of anilines is 1. The molecule has 0 unspecified atom stereocenters. The maximum Gasteiger partial charge on any atom is 0.319 e. The lowest BCUT2D eigenvalue weighted by atomic mass is 10.3. The Bertz CT molecular complexity index is 811. The largest absolute Gasteiger partial charge is 0.443 e. The van der Waals surface area contributed by atoms with E-state index in [1.54, 1.807) is 11.8 Å². The smallest absolute Gasteiger partial charge is 0.319 e. The van der Waals surface area contributed by atoms with Gasteiger partial charge in [0.2, 0.25) is 5.89 Å². The van der Waals surface area contributed by atoms with E-state index in [0.717, 1.165) is 25.0 Å². The molecule has 3 rings (SSSR count). The van der Waals surface area contributed by atoms with Crippen molar-refractivity contribution in [2.45, 2.75) is 26.3 Å². The number of amides is 3. The van der Waals surface area contributed by atoms with Gasteiger partial charge in [-0.3, -0.25) is 4.79 Å². The van der Waals surface area contributed by atoms with Crippen molar-refractivity contribution in [2.75, 3.05) is 18.4 Å². The average Bonchev–Trinajstić information content (AvgIpc) is 3.21. The molecule has 0 saturated carbocycles. The van der Waals surface area contributed by atoms with Gasteiger partial charge in [-0.25, -0.2) is 18.6 Å². The van der Waals surface area contributed by atoms with E-state index in [1.807, 2.05) is 0 Å². The number of likely N-dealkylation sites (tertiary alicyclic amines) is 1. The van der Waals surface area contributed by atoms with Crippen LogP contribution in [0.1, 0.15) is 35.0 Å². The van der Waals surface area contributed by atoms with Crippen LogP contribution in [0.5, 0.6) is 0 Å². The molecule has 7 nitrogen and oxygen atoms in total. The number of hydrogen-bond acceptors (Lipinski definition) is 4. The number of benzene rings is 1. The molecule has 0 radical (unpaired) electrons. The van der Waals surface area contributed by atoms with E-state index in [9.17, 15) is 18.4 Å². The molecule has 0 atom stereocenters. The zero-order chi connectivity index (χ0) is 18.7. The molecular formula is C17H18F2N4O3. The van der Waals surface area contributed by atoms with Crippen LogP contribution in [0.4, 0.5) is 19.3 Å². The van der Waals surface area contributed by atoms with E-state index < -0.39 is 17.7 Å². The fraction of sp³-hybridized carbons (Fsp3) is 0.353. The molecular weight excluding hydrogens is 346 g/mol. The molecule has 1 aromatic heterocycles. The number of rotatable bonds is 4. The second-order valence-electron chi connectivity index (χ2n) is 5.98. The van der Waals surface area contributed by atoms with Crippen LogP contribution in [0.3, 0.4) is 0 Å². The first-order valence-corrected chi connectivity index (χ1v) is 8.19. The number of carbonyl (C=O) groups is 2. The second kappa shape index (κ2) is 7.51.